The average Bonchev–Trinajstić information content (AvgIpc) is 2.35. The molecule has 0 amide bonds. The number of aromatic nitrogens is 2. The Kier molecular flexibility index (Phi) is 3.75. The number of hydrogen-bond donors (Lipinski definition) is 1. The van der Waals surface area contributed by atoms with Gasteiger partial charge in [-0.25, -0.2) is 4.98 Å². The van der Waals surface area contributed by atoms with E-state index in [0.717, 1.165) is 16.8 Å². The first-order valence-corrected chi connectivity index (χ1v) is 5.89. The van der Waals surface area contributed by atoms with E-state index >= 15 is 0 Å². The lowest BCUT2D eigenvalue weighted by atomic mass is 10.1. The molecule has 0 saturated heterocycles. The van der Waals surface area contributed by atoms with Gasteiger partial charge in [-0.15, -0.1) is 0 Å². The van der Waals surface area contributed by atoms with Crippen LogP contribution in [0.2, 0.25) is 0 Å². The number of carbonyl (C=O) groups is 1. The summed E-state index contributed by atoms with van der Waals surface area (Å²) in [5, 5.41) is 3.15. The number of carbonyl (C=O) groups excluding carboxylic acids is 1. The summed E-state index contributed by atoms with van der Waals surface area (Å²) in [5.74, 6) is 0.958. The van der Waals surface area contributed by atoms with Crippen LogP contribution in [0.4, 0.5) is 11.5 Å². The van der Waals surface area contributed by atoms with Gasteiger partial charge in [0.25, 0.3) is 0 Å². The number of benzene rings is 1. The van der Waals surface area contributed by atoms with Gasteiger partial charge in [0.05, 0.1) is 6.20 Å². The van der Waals surface area contributed by atoms with Gasteiger partial charge in [-0.05, 0) is 37.1 Å². The van der Waals surface area contributed by atoms with E-state index in [2.05, 4.69) is 15.3 Å². The van der Waals surface area contributed by atoms with Gasteiger partial charge in [0.2, 0.25) is 0 Å². The highest BCUT2D eigenvalue weighted by atomic mass is 16.5. The third-order valence-corrected chi connectivity index (χ3v) is 2.54. The fraction of sp³-hybridized carbons (Fsp3) is 0.214. The minimum Gasteiger partial charge on any atom is -0.426 e. The molecule has 0 unspecified atom stereocenters. The monoisotopic (exact) mass is 257 g/mol. The first kappa shape index (κ1) is 13.0. The predicted molar refractivity (Wildman–Crippen MR) is 72.5 cm³/mol. The van der Waals surface area contributed by atoms with E-state index in [9.17, 15) is 4.79 Å². The lowest BCUT2D eigenvalue weighted by Gasteiger charge is -2.12. The SMILES string of the molecule is CC(=O)Oc1c(C)cc(Nc2cnccn2)cc1C. The average molecular weight is 257 g/mol. The highest BCUT2D eigenvalue weighted by Gasteiger charge is 2.09. The summed E-state index contributed by atoms with van der Waals surface area (Å²) in [4.78, 5) is 19.2. The number of anilines is 2. The number of ether oxygens (including phenoxy) is 1. The van der Waals surface area contributed by atoms with Crippen molar-refractivity contribution in [3.8, 4) is 5.75 Å². The van der Waals surface area contributed by atoms with Crippen molar-refractivity contribution in [2.45, 2.75) is 20.8 Å². The van der Waals surface area contributed by atoms with Crippen molar-refractivity contribution < 1.29 is 9.53 Å². The Morgan fingerprint density at radius 2 is 1.89 bits per heavy atom. The molecule has 0 radical (unpaired) electrons. The zero-order valence-electron chi connectivity index (χ0n) is 11.1. The molecule has 2 rings (SSSR count). The van der Waals surface area contributed by atoms with Crippen molar-refractivity contribution in [2.24, 2.45) is 0 Å². The molecule has 0 aliphatic rings. The summed E-state index contributed by atoms with van der Waals surface area (Å²) in [6, 6.07) is 3.81. The van der Waals surface area contributed by atoms with Crippen molar-refractivity contribution in [2.75, 3.05) is 5.32 Å². The molecule has 0 fully saturated rings. The molecule has 0 aliphatic carbocycles. The molecule has 98 valence electrons. The number of esters is 1. The van der Waals surface area contributed by atoms with Gasteiger partial charge in [-0.2, -0.15) is 0 Å². The molecule has 5 nitrogen and oxygen atoms in total. The second kappa shape index (κ2) is 5.48. The standard InChI is InChI=1S/C14H15N3O2/c1-9-6-12(17-13-8-15-4-5-16-13)7-10(2)14(9)19-11(3)18/h4-8H,1-3H3,(H,16,17). The Morgan fingerprint density at radius 3 is 2.42 bits per heavy atom. The molecule has 0 atom stereocenters. The summed E-state index contributed by atoms with van der Waals surface area (Å²) in [7, 11) is 0. The molecule has 1 aromatic heterocycles. The molecule has 0 spiro atoms. The Balaban J connectivity index is 2.27. The molecular formula is C14H15N3O2. The molecule has 0 saturated carbocycles. The van der Waals surface area contributed by atoms with E-state index in [1.54, 1.807) is 18.6 Å². The fourth-order valence-corrected chi connectivity index (χ4v) is 1.84. The normalized spacial score (nSPS) is 10.1. The van der Waals surface area contributed by atoms with Crippen LogP contribution in [0.1, 0.15) is 18.1 Å². The van der Waals surface area contributed by atoms with Crippen molar-refractivity contribution >= 4 is 17.5 Å². The number of nitrogens with one attached hydrogen (secondary N) is 1. The van der Waals surface area contributed by atoms with Gasteiger partial charge in [0.1, 0.15) is 11.6 Å². The van der Waals surface area contributed by atoms with Crippen molar-refractivity contribution in [1.82, 2.24) is 9.97 Å². The third kappa shape index (κ3) is 3.28. The number of rotatable bonds is 3. The van der Waals surface area contributed by atoms with E-state index < -0.39 is 0 Å². The minimum atomic E-state index is -0.319. The summed E-state index contributed by atoms with van der Waals surface area (Å²) in [5.41, 5.74) is 2.66. The summed E-state index contributed by atoms with van der Waals surface area (Å²) >= 11 is 0. The molecule has 2 aromatic rings. The van der Waals surface area contributed by atoms with E-state index in [-0.39, 0.29) is 5.97 Å². The van der Waals surface area contributed by atoms with Crippen molar-refractivity contribution in [3.05, 3.63) is 41.9 Å². The first-order chi connectivity index (χ1) is 9.06. The molecule has 5 heteroatoms. The topological polar surface area (TPSA) is 64.1 Å². The number of hydrogen-bond acceptors (Lipinski definition) is 5. The maximum atomic E-state index is 11.0. The molecular weight excluding hydrogens is 242 g/mol. The van der Waals surface area contributed by atoms with Crippen LogP contribution >= 0.6 is 0 Å². The maximum Gasteiger partial charge on any atom is 0.308 e. The Bertz CT molecular complexity index is 574. The van der Waals surface area contributed by atoms with Crippen molar-refractivity contribution in [1.29, 1.82) is 0 Å². The fourth-order valence-electron chi connectivity index (χ4n) is 1.84. The molecule has 19 heavy (non-hydrogen) atoms. The van der Waals surface area contributed by atoms with Crippen LogP contribution in [-0.4, -0.2) is 15.9 Å². The predicted octanol–water partition coefficient (Wildman–Crippen LogP) is 2.76. The molecule has 1 heterocycles. The van der Waals surface area contributed by atoms with Gasteiger partial charge in [0.15, 0.2) is 0 Å². The zero-order chi connectivity index (χ0) is 13.8. The Hall–Kier alpha value is -2.43. The second-order valence-electron chi connectivity index (χ2n) is 4.25. The van der Waals surface area contributed by atoms with Crippen LogP contribution < -0.4 is 10.1 Å². The van der Waals surface area contributed by atoms with Crippen LogP contribution in [0.3, 0.4) is 0 Å². The first-order valence-electron chi connectivity index (χ1n) is 5.89. The van der Waals surface area contributed by atoms with Crippen LogP contribution in [-0.2, 0) is 4.79 Å². The lowest BCUT2D eigenvalue weighted by Crippen LogP contribution is -2.05. The smallest absolute Gasteiger partial charge is 0.308 e. The summed E-state index contributed by atoms with van der Waals surface area (Å²) in [6.45, 7) is 5.19. The van der Waals surface area contributed by atoms with Gasteiger partial charge in [-0.1, -0.05) is 0 Å². The summed E-state index contributed by atoms with van der Waals surface area (Å²) in [6.07, 6.45) is 4.88. The van der Waals surface area contributed by atoms with Crippen LogP contribution in [0.5, 0.6) is 5.75 Å². The lowest BCUT2D eigenvalue weighted by molar-refractivity contribution is -0.131. The van der Waals surface area contributed by atoms with Crippen LogP contribution in [0, 0.1) is 13.8 Å². The van der Waals surface area contributed by atoms with Gasteiger partial charge in [0, 0.05) is 25.0 Å². The highest BCUT2D eigenvalue weighted by Crippen LogP contribution is 2.28. The van der Waals surface area contributed by atoms with Crippen LogP contribution in [0.15, 0.2) is 30.7 Å². The number of aryl methyl sites for hydroxylation is 2. The van der Waals surface area contributed by atoms with Crippen molar-refractivity contribution in [3.63, 3.8) is 0 Å². The van der Waals surface area contributed by atoms with E-state index in [4.69, 9.17) is 4.74 Å². The Labute approximate surface area is 111 Å². The second-order valence-corrected chi connectivity index (χ2v) is 4.25. The van der Waals surface area contributed by atoms with E-state index in [0.29, 0.717) is 11.6 Å². The highest BCUT2D eigenvalue weighted by molar-refractivity contribution is 5.71. The third-order valence-electron chi connectivity index (χ3n) is 2.54. The van der Waals surface area contributed by atoms with E-state index in [1.165, 1.54) is 6.92 Å². The van der Waals surface area contributed by atoms with Gasteiger partial charge in [-0.3, -0.25) is 9.78 Å². The molecule has 1 aromatic carbocycles. The quantitative estimate of drug-likeness (QED) is 0.676. The van der Waals surface area contributed by atoms with Gasteiger partial charge < -0.3 is 10.1 Å². The molecule has 0 bridgehead atoms. The maximum absolute atomic E-state index is 11.0. The van der Waals surface area contributed by atoms with Gasteiger partial charge >= 0.3 is 5.97 Å². The molecule has 1 N–H and O–H groups in total. The largest absolute Gasteiger partial charge is 0.426 e. The minimum absolute atomic E-state index is 0.319. The Morgan fingerprint density at radius 1 is 1.21 bits per heavy atom. The van der Waals surface area contributed by atoms with Crippen LogP contribution in [0.25, 0.3) is 0 Å². The molecule has 0 aliphatic heterocycles. The zero-order valence-corrected chi connectivity index (χ0v) is 11.1. The summed E-state index contributed by atoms with van der Waals surface area (Å²) < 4.78 is 5.19. The van der Waals surface area contributed by atoms with E-state index in [1.807, 2.05) is 26.0 Å². The number of nitrogens with zero attached hydrogens (tertiary/aromatic N) is 2.